The third-order valence-corrected chi connectivity index (χ3v) is 5.29. The predicted octanol–water partition coefficient (Wildman–Crippen LogP) is 4.70. The number of hydrazone groups is 1. The van der Waals surface area contributed by atoms with Gasteiger partial charge in [0.15, 0.2) is 0 Å². The Kier molecular flexibility index (Phi) is 6.75. The number of carbonyl (C=O) groups excluding carboxylic acids is 2. The van der Waals surface area contributed by atoms with E-state index in [1.54, 1.807) is 16.8 Å². The van der Waals surface area contributed by atoms with Crippen LogP contribution in [0.2, 0.25) is 0 Å². The fraction of sp³-hybridized carbons (Fsp3) is 0.0400. The zero-order chi connectivity index (χ0) is 23.2. The molecule has 2 N–H and O–H groups in total. The third-order valence-electron chi connectivity index (χ3n) is 4.77. The number of nitrogens with zero attached hydrogens (tertiary/aromatic N) is 3. The van der Waals surface area contributed by atoms with E-state index >= 15 is 0 Å². The second-order valence-corrected chi connectivity index (χ2v) is 8.16. The van der Waals surface area contributed by atoms with Gasteiger partial charge in [-0.3, -0.25) is 9.59 Å². The van der Waals surface area contributed by atoms with Crippen molar-refractivity contribution < 1.29 is 9.59 Å². The van der Waals surface area contributed by atoms with Crippen LogP contribution in [0.25, 0.3) is 16.9 Å². The summed E-state index contributed by atoms with van der Waals surface area (Å²) in [6.45, 7) is 1.94. The third kappa shape index (κ3) is 5.61. The van der Waals surface area contributed by atoms with E-state index in [2.05, 4.69) is 31.8 Å². The fourth-order valence-corrected chi connectivity index (χ4v) is 3.33. The summed E-state index contributed by atoms with van der Waals surface area (Å²) in [4.78, 5) is 24.3. The van der Waals surface area contributed by atoms with Gasteiger partial charge in [-0.25, -0.2) is 10.1 Å². The van der Waals surface area contributed by atoms with Gasteiger partial charge in [0.05, 0.1) is 11.9 Å². The van der Waals surface area contributed by atoms with E-state index in [0.717, 1.165) is 21.3 Å². The van der Waals surface area contributed by atoms with Gasteiger partial charge in [-0.05, 0) is 43.3 Å². The van der Waals surface area contributed by atoms with Gasteiger partial charge >= 0.3 is 11.8 Å². The van der Waals surface area contributed by atoms with Crippen molar-refractivity contribution in [3.8, 4) is 16.9 Å². The lowest BCUT2D eigenvalue weighted by atomic mass is 10.1. The van der Waals surface area contributed by atoms with Crippen LogP contribution < -0.4 is 10.7 Å². The molecule has 8 heteroatoms. The monoisotopic (exact) mass is 501 g/mol. The Morgan fingerprint density at radius 3 is 2.33 bits per heavy atom. The molecule has 0 spiro atoms. The second-order valence-electron chi connectivity index (χ2n) is 7.24. The molecular weight excluding hydrogens is 482 g/mol. The molecule has 0 atom stereocenters. The first-order valence-electron chi connectivity index (χ1n) is 10.1. The number of benzene rings is 3. The van der Waals surface area contributed by atoms with Gasteiger partial charge in [0.25, 0.3) is 0 Å². The van der Waals surface area contributed by atoms with Crippen molar-refractivity contribution in [2.45, 2.75) is 6.92 Å². The largest absolute Gasteiger partial charge is 0.329 e. The minimum atomic E-state index is -0.868. The minimum Gasteiger partial charge on any atom is -0.318 e. The smallest absolute Gasteiger partial charge is 0.318 e. The van der Waals surface area contributed by atoms with Crippen molar-refractivity contribution in [3.63, 3.8) is 0 Å². The quantitative estimate of drug-likeness (QED) is 0.236. The number of aryl methyl sites for hydroxylation is 1. The first kappa shape index (κ1) is 22.2. The van der Waals surface area contributed by atoms with E-state index in [4.69, 9.17) is 5.10 Å². The SMILES string of the molecule is Cc1ccc(NC(=O)C(=O)N/N=C/c2cn(-c3ccccc3)nc2-c2ccc(Br)cc2)cc1. The highest BCUT2D eigenvalue weighted by atomic mass is 79.9. The lowest BCUT2D eigenvalue weighted by Crippen LogP contribution is -2.32. The van der Waals surface area contributed by atoms with Gasteiger partial charge < -0.3 is 5.32 Å². The molecule has 0 fully saturated rings. The summed E-state index contributed by atoms with van der Waals surface area (Å²) in [5.74, 6) is -1.67. The van der Waals surface area contributed by atoms with E-state index in [0.29, 0.717) is 16.9 Å². The summed E-state index contributed by atoms with van der Waals surface area (Å²) in [6.07, 6.45) is 3.29. The molecule has 33 heavy (non-hydrogen) atoms. The maximum Gasteiger partial charge on any atom is 0.329 e. The number of rotatable bonds is 5. The molecule has 0 aliphatic carbocycles. The number of para-hydroxylation sites is 1. The van der Waals surface area contributed by atoms with Gasteiger partial charge in [-0.2, -0.15) is 10.2 Å². The summed E-state index contributed by atoms with van der Waals surface area (Å²) in [6, 6.07) is 24.5. The van der Waals surface area contributed by atoms with Crippen LogP contribution in [-0.2, 0) is 9.59 Å². The first-order chi connectivity index (χ1) is 16.0. The summed E-state index contributed by atoms with van der Waals surface area (Å²) in [5.41, 5.74) is 7.00. The van der Waals surface area contributed by atoms with E-state index in [1.807, 2.05) is 79.9 Å². The minimum absolute atomic E-state index is 0.534. The van der Waals surface area contributed by atoms with Crippen LogP contribution in [0.5, 0.6) is 0 Å². The molecule has 0 radical (unpaired) electrons. The number of amides is 2. The highest BCUT2D eigenvalue weighted by Gasteiger charge is 2.14. The van der Waals surface area contributed by atoms with E-state index in [-0.39, 0.29) is 0 Å². The number of halogens is 1. The number of nitrogens with one attached hydrogen (secondary N) is 2. The number of aromatic nitrogens is 2. The zero-order valence-corrected chi connectivity index (χ0v) is 19.3. The average Bonchev–Trinajstić information content (AvgIpc) is 3.25. The maximum absolute atomic E-state index is 12.2. The molecule has 164 valence electrons. The molecule has 1 heterocycles. The van der Waals surface area contributed by atoms with Crippen molar-refractivity contribution in [3.05, 3.63) is 101 Å². The molecule has 1 aromatic heterocycles. The lowest BCUT2D eigenvalue weighted by molar-refractivity contribution is -0.136. The van der Waals surface area contributed by atoms with Crippen LogP contribution in [0.3, 0.4) is 0 Å². The van der Waals surface area contributed by atoms with Crippen LogP contribution in [0.1, 0.15) is 11.1 Å². The number of hydrogen-bond donors (Lipinski definition) is 2. The molecule has 7 nitrogen and oxygen atoms in total. The number of carbonyl (C=O) groups is 2. The molecule has 4 aromatic rings. The Balaban J connectivity index is 1.52. The van der Waals surface area contributed by atoms with Crippen LogP contribution in [-0.4, -0.2) is 27.8 Å². The number of hydrogen-bond acceptors (Lipinski definition) is 4. The molecule has 0 saturated heterocycles. The van der Waals surface area contributed by atoms with Crippen molar-refractivity contribution >= 4 is 39.6 Å². The zero-order valence-electron chi connectivity index (χ0n) is 17.7. The Bertz CT molecular complexity index is 1300. The van der Waals surface area contributed by atoms with Crippen LogP contribution >= 0.6 is 15.9 Å². The Morgan fingerprint density at radius 2 is 1.64 bits per heavy atom. The van der Waals surface area contributed by atoms with Gasteiger partial charge in [-0.15, -0.1) is 0 Å². The Labute approximate surface area is 199 Å². The normalized spacial score (nSPS) is 10.8. The highest BCUT2D eigenvalue weighted by Crippen LogP contribution is 2.24. The van der Waals surface area contributed by atoms with Gasteiger partial charge in [0.2, 0.25) is 0 Å². The van der Waals surface area contributed by atoms with Crippen molar-refractivity contribution in [1.29, 1.82) is 0 Å². The Morgan fingerprint density at radius 1 is 0.939 bits per heavy atom. The lowest BCUT2D eigenvalue weighted by Gasteiger charge is -2.04. The molecule has 0 unspecified atom stereocenters. The predicted molar refractivity (Wildman–Crippen MR) is 132 cm³/mol. The summed E-state index contributed by atoms with van der Waals surface area (Å²) >= 11 is 3.44. The van der Waals surface area contributed by atoms with E-state index in [9.17, 15) is 9.59 Å². The Hall–Kier alpha value is -4.04. The van der Waals surface area contributed by atoms with Crippen LogP contribution in [0, 0.1) is 6.92 Å². The van der Waals surface area contributed by atoms with Crippen molar-refractivity contribution in [2.75, 3.05) is 5.32 Å². The van der Waals surface area contributed by atoms with Crippen molar-refractivity contribution in [1.82, 2.24) is 15.2 Å². The molecule has 0 bridgehead atoms. The molecule has 0 aliphatic heterocycles. The highest BCUT2D eigenvalue weighted by molar-refractivity contribution is 9.10. The first-order valence-corrected chi connectivity index (χ1v) is 10.9. The molecule has 4 rings (SSSR count). The van der Waals surface area contributed by atoms with Gasteiger partial charge in [-0.1, -0.05) is 64.0 Å². The number of anilines is 1. The topological polar surface area (TPSA) is 88.4 Å². The van der Waals surface area contributed by atoms with Crippen LogP contribution in [0.4, 0.5) is 5.69 Å². The van der Waals surface area contributed by atoms with E-state index < -0.39 is 11.8 Å². The van der Waals surface area contributed by atoms with Crippen LogP contribution in [0.15, 0.2) is 94.6 Å². The van der Waals surface area contributed by atoms with Gasteiger partial charge in [0.1, 0.15) is 5.69 Å². The van der Waals surface area contributed by atoms with E-state index in [1.165, 1.54) is 6.21 Å². The standard InChI is InChI=1S/C25H20BrN5O2/c1-17-7-13-21(14-8-17)28-24(32)25(33)29-27-15-19-16-31(22-5-3-2-4-6-22)30-23(19)18-9-11-20(26)12-10-18/h2-16H,1H3,(H,28,32)(H,29,33)/b27-15+. The molecule has 2 amide bonds. The fourth-order valence-electron chi connectivity index (χ4n) is 3.06. The summed E-state index contributed by atoms with van der Waals surface area (Å²) in [7, 11) is 0. The average molecular weight is 502 g/mol. The molecule has 3 aromatic carbocycles. The molecular formula is C25H20BrN5O2. The second kappa shape index (κ2) is 10.1. The maximum atomic E-state index is 12.2. The van der Waals surface area contributed by atoms with Gasteiger partial charge in [0, 0.05) is 27.5 Å². The van der Waals surface area contributed by atoms with Crippen molar-refractivity contribution in [2.24, 2.45) is 5.10 Å². The molecule has 0 saturated carbocycles. The summed E-state index contributed by atoms with van der Waals surface area (Å²) < 4.78 is 2.70. The molecule has 0 aliphatic rings. The summed E-state index contributed by atoms with van der Waals surface area (Å²) in [5, 5.41) is 11.2.